The van der Waals surface area contributed by atoms with Crippen LogP contribution in [0, 0.1) is 5.82 Å². The summed E-state index contributed by atoms with van der Waals surface area (Å²) in [6, 6.07) is 12.6. The Morgan fingerprint density at radius 3 is 2.72 bits per heavy atom. The number of hydrogen-bond donors (Lipinski definition) is 1. The molecule has 0 saturated carbocycles. The van der Waals surface area contributed by atoms with Crippen molar-refractivity contribution in [3.05, 3.63) is 82.0 Å². The van der Waals surface area contributed by atoms with Crippen LogP contribution >= 0.6 is 15.9 Å². The number of halogens is 2. The average molecular weight is 618 g/mol. The number of carbonyl (C=O) groups excluding carboxylic acids is 1. The van der Waals surface area contributed by atoms with E-state index in [1.54, 1.807) is 25.3 Å². The monoisotopic (exact) mass is 616 g/mol. The van der Waals surface area contributed by atoms with E-state index in [0.717, 1.165) is 15.4 Å². The summed E-state index contributed by atoms with van der Waals surface area (Å²) in [4.78, 5) is 16.2. The van der Waals surface area contributed by atoms with Gasteiger partial charge in [-0.2, -0.15) is 0 Å². The SMILES string of the molecule is CCOC(=O)Cc1ccc(Br)cc1OCc1cc(-c2ccnc(CN[S+]([O-])C(C)(C)C)c2F)c2occc2c1. The number of rotatable bonds is 10. The average Bonchev–Trinajstić information content (AvgIpc) is 3.36. The zero-order valence-corrected chi connectivity index (χ0v) is 24.6. The highest BCUT2D eigenvalue weighted by atomic mass is 79.9. The molecule has 4 rings (SSSR count). The van der Waals surface area contributed by atoms with Crippen LogP contribution in [0.4, 0.5) is 4.39 Å². The first-order valence-corrected chi connectivity index (χ1v) is 14.4. The molecule has 4 aromatic rings. The number of aromatic nitrogens is 1. The Kier molecular flexibility index (Phi) is 9.32. The molecule has 0 fully saturated rings. The summed E-state index contributed by atoms with van der Waals surface area (Å²) in [6.45, 7) is 7.77. The largest absolute Gasteiger partial charge is 0.598 e. The Labute approximate surface area is 238 Å². The van der Waals surface area contributed by atoms with Gasteiger partial charge in [-0.1, -0.05) is 22.0 Å². The molecule has 2 heterocycles. The van der Waals surface area contributed by atoms with Crippen LogP contribution in [0.15, 0.2) is 63.8 Å². The van der Waals surface area contributed by atoms with Crippen LogP contribution in [0.1, 0.15) is 44.5 Å². The lowest BCUT2D eigenvalue weighted by atomic mass is 10.00. The third-order valence-corrected chi connectivity index (χ3v) is 7.87. The van der Waals surface area contributed by atoms with Crippen molar-refractivity contribution in [3.63, 3.8) is 0 Å². The minimum Gasteiger partial charge on any atom is -0.598 e. The van der Waals surface area contributed by atoms with Gasteiger partial charge in [0.25, 0.3) is 0 Å². The van der Waals surface area contributed by atoms with Gasteiger partial charge in [0.15, 0.2) is 5.82 Å². The Morgan fingerprint density at radius 2 is 1.97 bits per heavy atom. The molecule has 0 aliphatic heterocycles. The number of furan rings is 1. The Bertz CT molecular complexity index is 1470. The normalized spacial score (nSPS) is 12.5. The number of pyridine rings is 1. The van der Waals surface area contributed by atoms with E-state index in [9.17, 15) is 9.35 Å². The minimum atomic E-state index is -1.37. The summed E-state index contributed by atoms with van der Waals surface area (Å²) >= 11 is 2.08. The molecule has 39 heavy (non-hydrogen) atoms. The summed E-state index contributed by atoms with van der Waals surface area (Å²) in [6.07, 6.45) is 3.16. The predicted octanol–water partition coefficient (Wildman–Crippen LogP) is 6.63. The number of nitrogens with one attached hydrogen (secondary N) is 1. The second kappa shape index (κ2) is 12.5. The molecular weight excluding hydrogens is 587 g/mol. The number of carbonyl (C=O) groups is 1. The van der Waals surface area contributed by atoms with E-state index in [-0.39, 0.29) is 31.2 Å². The van der Waals surface area contributed by atoms with Crippen molar-refractivity contribution >= 4 is 44.2 Å². The molecule has 0 radical (unpaired) electrons. The highest BCUT2D eigenvalue weighted by Gasteiger charge is 2.27. The van der Waals surface area contributed by atoms with Crippen LogP contribution in [0.3, 0.4) is 0 Å². The van der Waals surface area contributed by atoms with E-state index in [0.29, 0.717) is 34.6 Å². The van der Waals surface area contributed by atoms with Crippen molar-refractivity contribution in [2.75, 3.05) is 6.61 Å². The summed E-state index contributed by atoms with van der Waals surface area (Å²) in [5.74, 6) is -0.312. The Morgan fingerprint density at radius 1 is 1.18 bits per heavy atom. The third-order valence-electron chi connectivity index (χ3n) is 5.85. The molecule has 7 nitrogen and oxygen atoms in total. The third kappa shape index (κ3) is 7.19. The molecular formula is C29H30BrFN2O5S. The lowest BCUT2D eigenvalue weighted by Gasteiger charge is -2.23. The van der Waals surface area contributed by atoms with Gasteiger partial charge in [-0.15, -0.1) is 4.72 Å². The molecule has 2 aromatic carbocycles. The van der Waals surface area contributed by atoms with Crippen molar-refractivity contribution in [3.8, 4) is 16.9 Å². The van der Waals surface area contributed by atoms with Crippen LogP contribution in [-0.4, -0.2) is 26.9 Å². The van der Waals surface area contributed by atoms with E-state index in [1.807, 2.05) is 51.1 Å². The fourth-order valence-electron chi connectivity index (χ4n) is 3.93. The predicted molar refractivity (Wildman–Crippen MR) is 153 cm³/mol. The van der Waals surface area contributed by atoms with E-state index in [2.05, 4.69) is 25.6 Å². The molecule has 0 amide bonds. The van der Waals surface area contributed by atoms with Gasteiger partial charge in [-0.05, 0) is 69.7 Å². The molecule has 0 spiro atoms. The number of nitrogens with zero attached hydrogens (tertiary/aromatic N) is 1. The van der Waals surface area contributed by atoms with Gasteiger partial charge in [0, 0.05) is 44.1 Å². The quantitative estimate of drug-likeness (QED) is 0.158. The Hall–Kier alpha value is -2.92. The number of esters is 1. The van der Waals surface area contributed by atoms with Crippen LogP contribution in [-0.2, 0) is 40.5 Å². The smallest absolute Gasteiger partial charge is 0.310 e. The summed E-state index contributed by atoms with van der Waals surface area (Å²) in [5.41, 5.74) is 3.04. The number of ether oxygens (including phenoxy) is 2. The van der Waals surface area contributed by atoms with Crippen LogP contribution in [0.2, 0.25) is 0 Å². The topological polar surface area (TPSA) is 96.7 Å². The van der Waals surface area contributed by atoms with Gasteiger partial charge in [-0.3, -0.25) is 9.78 Å². The van der Waals surface area contributed by atoms with E-state index >= 15 is 4.39 Å². The molecule has 0 bridgehead atoms. The number of fused-ring (bicyclic) bond motifs is 1. The lowest BCUT2D eigenvalue weighted by molar-refractivity contribution is -0.142. The van der Waals surface area contributed by atoms with Gasteiger partial charge < -0.3 is 18.4 Å². The molecule has 0 aliphatic carbocycles. The number of hydrogen-bond acceptors (Lipinski definition) is 7. The summed E-state index contributed by atoms with van der Waals surface area (Å²) < 4.78 is 48.2. The zero-order chi connectivity index (χ0) is 28.2. The lowest BCUT2D eigenvalue weighted by Crippen LogP contribution is -2.39. The first kappa shape index (κ1) is 29.1. The van der Waals surface area contributed by atoms with Crippen LogP contribution in [0.25, 0.3) is 22.1 Å². The second-order valence-electron chi connectivity index (χ2n) is 9.83. The molecule has 206 valence electrons. The molecule has 0 saturated heterocycles. The molecule has 2 aromatic heterocycles. The van der Waals surface area contributed by atoms with Gasteiger partial charge in [0.1, 0.15) is 22.7 Å². The first-order valence-electron chi connectivity index (χ1n) is 12.4. The molecule has 1 N–H and O–H groups in total. The number of benzene rings is 2. The summed E-state index contributed by atoms with van der Waals surface area (Å²) in [7, 11) is 0. The highest BCUT2D eigenvalue weighted by Crippen LogP contribution is 2.34. The van der Waals surface area contributed by atoms with Crippen molar-refractivity contribution in [1.29, 1.82) is 0 Å². The fraction of sp³-hybridized carbons (Fsp3) is 0.310. The molecule has 10 heteroatoms. The van der Waals surface area contributed by atoms with E-state index < -0.39 is 21.9 Å². The molecule has 1 unspecified atom stereocenters. The molecule has 0 aliphatic rings. The standard InChI is InChI=1S/C29H30BrFN2O5S/c1-5-36-26(34)14-19-6-7-21(30)15-25(19)38-17-18-12-20-9-11-37-28(20)23(13-18)22-8-10-32-24(27(22)31)16-33-39(35)29(2,3)4/h6-13,15,33H,5,14,16-17H2,1-4H3. The maximum Gasteiger partial charge on any atom is 0.310 e. The van der Waals surface area contributed by atoms with Crippen LogP contribution in [0.5, 0.6) is 5.75 Å². The van der Waals surface area contributed by atoms with Crippen molar-refractivity contribution in [2.45, 2.75) is 52.0 Å². The maximum absolute atomic E-state index is 15.7. The second-order valence-corrected chi connectivity index (χ2v) is 12.8. The van der Waals surface area contributed by atoms with Gasteiger partial charge in [-0.25, -0.2) is 4.39 Å². The van der Waals surface area contributed by atoms with E-state index in [4.69, 9.17) is 13.9 Å². The Balaban J connectivity index is 1.62. The van der Waals surface area contributed by atoms with Crippen molar-refractivity contribution in [1.82, 2.24) is 9.71 Å². The van der Waals surface area contributed by atoms with E-state index in [1.165, 1.54) is 6.20 Å². The van der Waals surface area contributed by atoms with Gasteiger partial charge in [0.05, 0.1) is 31.5 Å². The van der Waals surface area contributed by atoms with Crippen LogP contribution < -0.4 is 9.46 Å². The molecule has 1 atom stereocenters. The van der Waals surface area contributed by atoms with Gasteiger partial charge in [0.2, 0.25) is 0 Å². The fourth-order valence-corrected chi connectivity index (χ4v) is 4.97. The summed E-state index contributed by atoms with van der Waals surface area (Å²) in [5, 5.41) is 0.789. The maximum atomic E-state index is 15.7. The van der Waals surface area contributed by atoms with Crippen molar-refractivity contribution < 1.29 is 27.6 Å². The van der Waals surface area contributed by atoms with Gasteiger partial charge >= 0.3 is 5.97 Å². The highest BCUT2D eigenvalue weighted by molar-refractivity contribution is 9.10. The van der Waals surface area contributed by atoms with Crippen molar-refractivity contribution in [2.24, 2.45) is 0 Å². The first-order chi connectivity index (χ1) is 18.6. The minimum absolute atomic E-state index is 0.0137. The zero-order valence-electron chi connectivity index (χ0n) is 22.2.